The van der Waals surface area contributed by atoms with Crippen molar-refractivity contribution in [2.45, 2.75) is 11.0 Å². The molecule has 1 atom stereocenters. The first-order valence-electron chi connectivity index (χ1n) is 2.17. The van der Waals surface area contributed by atoms with Crippen molar-refractivity contribution in [1.82, 2.24) is 3.53 Å². The Balaban J connectivity index is 3.17. The molecule has 4 nitrogen and oxygen atoms in total. The van der Waals surface area contributed by atoms with Crippen LogP contribution in [0.4, 0.5) is 0 Å². The summed E-state index contributed by atoms with van der Waals surface area (Å²) in [6.07, 6.45) is 0. The fourth-order valence-corrected chi connectivity index (χ4v) is 1.28. The van der Waals surface area contributed by atoms with Gasteiger partial charge in [0.05, 0.1) is 0 Å². The number of nitrogens with two attached hydrogens (primary N) is 1. The number of halogens is 1. The molecule has 5 heteroatoms. The van der Waals surface area contributed by atoms with Gasteiger partial charge in [-0.1, -0.05) is 0 Å². The number of hydrogen-bond acceptors (Lipinski definition) is 4. The molecule has 0 spiro atoms. The summed E-state index contributed by atoms with van der Waals surface area (Å²) >= 11 is -2.25. The first-order valence-corrected chi connectivity index (χ1v) is 5.46. The van der Waals surface area contributed by atoms with Gasteiger partial charge in [0.1, 0.15) is 0 Å². The van der Waals surface area contributed by atoms with Crippen molar-refractivity contribution in [3.05, 3.63) is 0 Å². The molecule has 0 saturated heterocycles. The van der Waals surface area contributed by atoms with E-state index in [1.807, 2.05) is 0 Å². The molecule has 0 fully saturated rings. The predicted octanol–water partition coefficient (Wildman–Crippen LogP) is -0.841. The molecule has 0 amide bonds. The summed E-state index contributed by atoms with van der Waals surface area (Å²) < 4.78 is 10.8. The molecule has 0 aromatic heterocycles. The monoisotopic (exact) mass is 234 g/mol. The molecular formula is C3H11IN2O2. The van der Waals surface area contributed by atoms with Gasteiger partial charge in [-0.05, 0) is 0 Å². The zero-order valence-electron chi connectivity index (χ0n) is 4.63. The van der Waals surface area contributed by atoms with Gasteiger partial charge in [0, 0.05) is 0 Å². The number of hydrogen-bond donors (Lipinski definition) is 4. The van der Waals surface area contributed by atoms with Gasteiger partial charge in [-0.25, -0.2) is 0 Å². The average Bonchev–Trinajstić information content (AvgIpc) is 1.67. The summed E-state index contributed by atoms with van der Waals surface area (Å²) in [5.41, 5.74) is 5.02. The van der Waals surface area contributed by atoms with Crippen LogP contribution in [-0.2, 0) is 0 Å². The number of aliphatic hydroxyl groups is 1. The van der Waals surface area contributed by atoms with E-state index >= 15 is 0 Å². The topological polar surface area (TPSA) is 78.5 Å². The Morgan fingerprint density at radius 2 is 2.38 bits per heavy atom. The Bertz CT molecular complexity index is 61.2. The van der Waals surface area contributed by atoms with Gasteiger partial charge in [-0.15, -0.1) is 0 Å². The third-order valence-corrected chi connectivity index (χ3v) is 3.44. The minimum absolute atomic E-state index is 0.242. The molecule has 0 saturated carbocycles. The van der Waals surface area contributed by atoms with Crippen molar-refractivity contribution < 1.29 is 8.54 Å². The van der Waals surface area contributed by atoms with Gasteiger partial charge in [0.2, 0.25) is 0 Å². The van der Waals surface area contributed by atoms with Crippen LogP contribution in [0.25, 0.3) is 0 Å². The van der Waals surface area contributed by atoms with Crippen LogP contribution in [0.15, 0.2) is 0 Å². The van der Waals surface area contributed by atoms with Crippen molar-refractivity contribution in [1.29, 1.82) is 0 Å². The van der Waals surface area contributed by atoms with Crippen LogP contribution in [0.1, 0.15) is 6.92 Å². The van der Waals surface area contributed by atoms with E-state index in [1.54, 1.807) is 6.92 Å². The van der Waals surface area contributed by atoms with Gasteiger partial charge in [-0.3, -0.25) is 0 Å². The van der Waals surface area contributed by atoms with Crippen molar-refractivity contribution in [2.75, 3.05) is 6.67 Å². The third kappa shape index (κ3) is 3.56. The molecule has 0 radical (unpaired) electrons. The Labute approximate surface area is 56.4 Å². The summed E-state index contributed by atoms with van der Waals surface area (Å²) in [7, 11) is 0. The van der Waals surface area contributed by atoms with Crippen LogP contribution in [-0.4, -0.2) is 19.3 Å². The van der Waals surface area contributed by atoms with Crippen LogP contribution in [0, 0.1) is 0 Å². The average molecular weight is 234 g/mol. The van der Waals surface area contributed by atoms with E-state index in [9.17, 15) is 0 Å². The summed E-state index contributed by atoms with van der Waals surface area (Å²) in [6.45, 7) is 1.79. The van der Waals surface area contributed by atoms with E-state index in [2.05, 4.69) is 3.53 Å². The van der Waals surface area contributed by atoms with Gasteiger partial charge < -0.3 is 0 Å². The number of aliphatic hydroxyl groups excluding tert-OH is 1. The van der Waals surface area contributed by atoms with Crippen molar-refractivity contribution >= 4 is 20.5 Å². The van der Waals surface area contributed by atoms with Crippen LogP contribution < -0.4 is 9.26 Å². The van der Waals surface area contributed by atoms with Crippen molar-refractivity contribution in [3.63, 3.8) is 0 Å². The second-order valence-electron chi connectivity index (χ2n) is 1.20. The van der Waals surface area contributed by atoms with E-state index in [0.717, 1.165) is 0 Å². The molecule has 0 aromatic carbocycles. The molecular weight excluding hydrogens is 223 g/mol. The predicted molar refractivity (Wildman–Crippen MR) is 40.1 cm³/mol. The van der Waals surface area contributed by atoms with Gasteiger partial charge in [0.15, 0.2) is 0 Å². The molecule has 8 heavy (non-hydrogen) atoms. The first-order chi connectivity index (χ1) is 3.68. The molecule has 1 unspecified atom stereocenters. The second-order valence-corrected chi connectivity index (χ2v) is 5.43. The van der Waals surface area contributed by atoms with E-state index in [1.165, 1.54) is 0 Å². The summed E-state index contributed by atoms with van der Waals surface area (Å²) in [6, 6.07) is 0. The van der Waals surface area contributed by atoms with E-state index in [0.29, 0.717) is 0 Å². The molecule has 0 heterocycles. The Morgan fingerprint density at radius 3 is 2.50 bits per heavy atom. The fourth-order valence-electron chi connectivity index (χ4n) is 0.191. The van der Waals surface area contributed by atoms with Crippen LogP contribution in [0.5, 0.6) is 0 Å². The standard InChI is InChI=1S/C3H11IN2O2/c1-3(7)4(8)6-2-5/h3,6-8H,2,5H2,1H3. The zero-order chi connectivity index (χ0) is 6.57. The van der Waals surface area contributed by atoms with Crippen molar-refractivity contribution in [2.24, 2.45) is 5.73 Å². The summed E-state index contributed by atoms with van der Waals surface area (Å²) in [4.78, 5) is 0. The van der Waals surface area contributed by atoms with E-state index < -0.39 is 24.6 Å². The summed E-state index contributed by atoms with van der Waals surface area (Å²) in [5, 5.41) is 8.65. The van der Waals surface area contributed by atoms with Gasteiger partial charge >= 0.3 is 56.0 Å². The second kappa shape index (κ2) is 4.45. The van der Waals surface area contributed by atoms with E-state index in [-0.39, 0.29) is 6.67 Å². The van der Waals surface area contributed by atoms with Gasteiger partial charge in [-0.2, -0.15) is 0 Å². The quantitative estimate of drug-likeness (QED) is 0.222. The molecule has 0 aliphatic rings. The normalized spacial score (nSPS) is 15.8. The molecule has 5 N–H and O–H groups in total. The molecule has 0 aromatic rings. The van der Waals surface area contributed by atoms with Gasteiger partial charge in [0.25, 0.3) is 0 Å². The number of nitrogens with one attached hydrogen (secondary N) is 1. The Kier molecular flexibility index (Phi) is 4.77. The van der Waals surface area contributed by atoms with Crippen LogP contribution >= 0.6 is 20.5 Å². The van der Waals surface area contributed by atoms with Crippen molar-refractivity contribution in [3.8, 4) is 0 Å². The molecule has 0 bridgehead atoms. The maximum atomic E-state index is 8.84. The van der Waals surface area contributed by atoms with Crippen LogP contribution in [0.3, 0.4) is 0 Å². The number of alkyl halides is 1. The summed E-state index contributed by atoms with van der Waals surface area (Å²) in [5.74, 6) is 0. The minimum atomic E-state index is -2.25. The first kappa shape index (κ1) is 8.57. The number of rotatable bonds is 3. The van der Waals surface area contributed by atoms with E-state index in [4.69, 9.17) is 14.3 Å². The SMILES string of the molecule is CC(O)I(O)NCN. The molecule has 0 aliphatic heterocycles. The third-order valence-electron chi connectivity index (χ3n) is 0.513. The maximum absolute atomic E-state index is 8.84. The van der Waals surface area contributed by atoms with Crippen LogP contribution in [0.2, 0.25) is 0 Å². The fraction of sp³-hybridized carbons (Fsp3) is 1.00. The Hall–Kier alpha value is 0.570. The molecule has 0 rings (SSSR count). The molecule has 52 valence electrons. The zero-order valence-corrected chi connectivity index (χ0v) is 6.79. The Morgan fingerprint density at radius 1 is 1.88 bits per heavy atom. The molecule has 0 aliphatic carbocycles.